The van der Waals surface area contributed by atoms with E-state index in [0.717, 1.165) is 50.1 Å². The van der Waals surface area contributed by atoms with E-state index in [1.54, 1.807) is 0 Å². The second-order valence-electron chi connectivity index (χ2n) is 6.82. The summed E-state index contributed by atoms with van der Waals surface area (Å²) in [6, 6.07) is 10.5. The highest BCUT2D eigenvalue weighted by Gasteiger charge is 2.34. The number of likely N-dealkylation sites (tertiary alicyclic amines) is 1. The first-order valence-electron chi connectivity index (χ1n) is 8.80. The van der Waals surface area contributed by atoms with E-state index in [-0.39, 0.29) is 18.1 Å². The van der Waals surface area contributed by atoms with Crippen molar-refractivity contribution in [3.63, 3.8) is 0 Å². The zero-order chi connectivity index (χ0) is 16.5. The molecule has 1 aromatic heterocycles. The summed E-state index contributed by atoms with van der Waals surface area (Å²) in [7, 11) is 0. The summed E-state index contributed by atoms with van der Waals surface area (Å²) in [5.74, 6) is 0.796. The molecule has 4 rings (SSSR count). The summed E-state index contributed by atoms with van der Waals surface area (Å²) in [5.41, 5.74) is 3.49. The van der Waals surface area contributed by atoms with Crippen molar-refractivity contribution in [3.05, 3.63) is 52.9 Å². The number of hydrogen-bond donors (Lipinski definition) is 1. The summed E-state index contributed by atoms with van der Waals surface area (Å²) < 4.78 is 5.40. The largest absolute Gasteiger partial charge is 0.359 e. The molecule has 0 radical (unpaired) electrons. The Labute approximate surface area is 142 Å². The molecule has 1 aromatic carbocycles. The first-order valence-corrected chi connectivity index (χ1v) is 8.80. The normalized spacial score (nSPS) is 23.1. The molecule has 2 atom stereocenters. The molecule has 0 saturated carbocycles. The lowest BCUT2D eigenvalue weighted by Gasteiger charge is -2.30. The van der Waals surface area contributed by atoms with Crippen LogP contribution >= 0.6 is 0 Å². The van der Waals surface area contributed by atoms with Crippen LogP contribution in [0.5, 0.6) is 0 Å². The first-order chi connectivity index (χ1) is 11.7. The SMILES string of the molecule is Cc1cc([C@H]2CCCN2C(=O)N[C@H]2CCCc3ccccc32)on1. The van der Waals surface area contributed by atoms with Crippen LogP contribution in [0.1, 0.15) is 60.3 Å². The number of nitrogens with one attached hydrogen (secondary N) is 1. The van der Waals surface area contributed by atoms with Crippen LogP contribution in [-0.2, 0) is 6.42 Å². The lowest BCUT2D eigenvalue weighted by molar-refractivity contribution is 0.177. The fraction of sp³-hybridized carbons (Fsp3) is 0.474. The van der Waals surface area contributed by atoms with Gasteiger partial charge in [0, 0.05) is 12.6 Å². The average molecular weight is 325 g/mol. The molecule has 1 saturated heterocycles. The fourth-order valence-electron chi connectivity index (χ4n) is 3.98. The number of carbonyl (C=O) groups excluding carboxylic acids is 1. The number of hydrogen-bond acceptors (Lipinski definition) is 3. The number of amides is 2. The summed E-state index contributed by atoms with van der Waals surface area (Å²) in [6.45, 7) is 2.68. The molecule has 2 aromatic rings. The molecule has 24 heavy (non-hydrogen) atoms. The van der Waals surface area contributed by atoms with E-state index in [4.69, 9.17) is 4.52 Å². The van der Waals surface area contributed by atoms with Crippen LogP contribution in [0.25, 0.3) is 0 Å². The van der Waals surface area contributed by atoms with E-state index in [2.05, 4.69) is 34.7 Å². The lowest BCUT2D eigenvalue weighted by atomic mass is 9.88. The molecule has 1 N–H and O–H groups in total. The quantitative estimate of drug-likeness (QED) is 0.911. The van der Waals surface area contributed by atoms with Gasteiger partial charge in [0.15, 0.2) is 5.76 Å². The highest BCUT2D eigenvalue weighted by Crippen LogP contribution is 2.34. The monoisotopic (exact) mass is 325 g/mol. The minimum atomic E-state index is 0.00466. The van der Waals surface area contributed by atoms with Gasteiger partial charge in [-0.2, -0.15) is 0 Å². The number of aromatic nitrogens is 1. The number of rotatable bonds is 2. The van der Waals surface area contributed by atoms with Gasteiger partial charge in [0.2, 0.25) is 0 Å². The Morgan fingerprint density at radius 2 is 2.17 bits per heavy atom. The maximum Gasteiger partial charge on any atom is 0.318 e. The van der Waals surface area contributed by atoms with Crippen LogP contribution in [0.3, 0.4) is 0 Å². The van der Waals surface area contributed by atoms with E-state index in [1.165, 1.54) is 11.1 Å². The van der Waals surface area contributed by atoms with Crippen LogP contribution < -0.4 is 5.32 Å². The second-order valence-corrected chi connectivity index (χ2v) is 6.82. The molecule has 2 aliphatic rings. The Morgan fingerprint density at radius 1 is 1.29 bits per heavy atom. The van der Waals surface area contributed by atoms with Crippen molar-refractivity contribution in [2.45, 2.75) is 51.1 Å². The van der Waals surface area contributed by atoms with Gasteiger partial charge in [0.05, 0.1) is 17.8 Å². The number of aryl methyl sites for hydroxylation is 2. The summed E-state index contributed by atoms with van der Waals surface area (Å²) >= 11 is 0. The van der Waals surface area contributed by atoms with Crippen LogP contribution in [0.15, 0.2) is 34.9 Å². The second kappa shape index (κ2) is 6.30. The lowest BCUT2D eigenvalue weighted by Crippen LogP contribution is -2.42. The number of urea groups is 1. The summed E-state index contributed by atoms with van der Waals surface area (Å²) in [6.07, 6.45) is 5.16. The average Bonchev–Trinajstić information content (AvgIpc) is 3.24. The third-order valence-electron chi connectivity index (χ3n) is 5.16. The minimum Gasteiger partial charge on any atom is -0.359 e. The van der Waals surface area contributed by atoms with Gasteiger partial charge in [0.1, 0.15) is 0 Å². The molecule has 1 aliphatic heterocycles. The zero-order valence-corrected chi connectivity index (χ0v) is 14.0. The van der Waals surface area contributed by atoms with Crippen molar-refractivity contribution in [3.8, 4) is 0 Å². The van der Waals surface area contributed by atoms with Gasteiger partial charge in [-0.3, -0.25) is 0 Å². The Balaban J connectivity index is 1.50. The predicted octanol–water partition coefficient (Wildman–Crippen LogP) is 3.91. The van der Waals surface area contributed by atoms with Crippen molar-refractivity contribution in [1.82, 2.24) is 15.4 Å². The molecule has 2 amide bonds. The van der Waals surface area contributed by atoms with Crippen molar-refractivity contribution in [1.29, 1.82) is 0 Å². The van der Waals surface area contributed by atoms with E-state index in [9.17, 15) is 4.79 Å². The van der Waals surface area contributed by atoms with Crippen LogP contribution in [0, 0.1) is 6.92 Å². The minimum absolute atomic E-state index is 0.00466. The van der Waals surface area contributed by atoms with Crippen molar-refractivity contribution in [2.24, 2.45) is 0 Å². The highest BCUT2D eigenvalue weighted by atomic mass is 16.5. The molecule has 2 heterocycles. The number of carbonyl (C=O) groups is 1. The van der Waals surface area contributed by atoms with Crippen LogP contribution in [-0.4, -0.2) is 22.6 Å². The molecular weight excluding hydrogens is 302 g/mol. The van der Waals surface area contributed by atoms with Gasteiger partial charge in [-0.1, -0.05) is 29.4 Å². The molecule has 5 heteroatoms. The Kier molecular flexibility index (Phi) is 4.00. The van der Waals surface area contributed by atoms with Crippen molar-refractivity contribution >= 4 is 6.03 Å². The standard InChI is InChI=1S/C19H23N3O2/c1-13-12-18(24-21-13)17-10-5-11-22(17)19(23)20-16-9-4-7-14-6-2-3-8-15(14)16/h2-3,6,8,12,16-17H,4-5,7,9-11H2,1H3,(H,20,23)/t16-,17+/m0/s1. The fourth-order valence-corrected chi connectivity index (χ4v) is 3.98. The van der Waals surface area contributed by atoms with Crippen molar-refractivity contribution < 1.29 is 9.32 Å². The van der Waals surface area contributed by atoms with Crippen LogP contribution in [0.2, 0.25) is 0 Å². The topological polar surface area (TPSA) is 58.4 Å². The van der Waals surface area contributed by atoms with Crippen LogP contribution in [0.4, 0.5) is 4.79 Å². The molecule has 126 valence electrons. The Hall–Kier alpha value is -2.30. The Morgan fingerprint density at radius 3 is 3.00 bits per heavy atom. The maximum absolute atomic E-state index is 12.9. The first kappa shape index (κ1) is 15.2. The third-order valence-corrected chi connectivity index (χ3v) is 5.16. The summed E-state index contributed by atoms with van der Waals surface area (Å²) in [5, 5.41) is 7.22. The van der Waals surface area contributed by atoms with E-state index in [1.807, 2.05) is 17.9 Å². The molecule has 1 aliphatic carbocycles. The number of fused-ring (bicyclic) bond motifs is 1. The van der Waals surface area contributed by atoms with Gasteiger partial charge in [0.25, 0.3) is 0 Å². The molecule has 5 nitrogen and oxygen atoms in total. The molecule has 1 fully saturated rings. The van der Waals surface area contributed by atoms with Gasteiger partial charge in [-0.05, 0) is 50.2 Å². The third kappa shape index (κ3) is 2.79. The van der Waals surface area contributed by atoms with E-state index >= 15 is 0 Å². The van der Waals surface area contributed by atoms with Gasteiger partial charge < -0.3 is 14.7 Å². The van der Waals surface area contributed by atoms with E-state index < -0.39 is 0 Å². The molecule has 0 spiro atoms. The Bertz CT molecular complexity index is 740. The smallest absolute Gasteiger partial charge is 0.318 e. The maximum atomic E-state index is 12.9. The zero-order valence-electron chi connectivity index (χ0n) is 14.0. The van der Waals surface area contributed by atoms with Gasteiger partial charge in [-0.25, -0.2) is 4.79 Å². The number of nitrogens with zero attached hydrogens (tertiary/aromatic N) is 2. The van der Waals surface area contributed by atoms with E-state index in [0.29, 0.717) is 0 Å². The predicted molar refractivity (Wildman–Crippen MR) is 90.6 cm³/mol. The van der Waals surface area contributed by atoms with Gasteiger partial charge in [-0.15, -0.1) is 0 Å². The summed E-state index contributed by atoms with van der Waals surface area (Å²) in [4.78, 5) is 14.8. The molecular formula is C19H23N3O2. The molecule has 0 unspecified atom stereocenters. The van der Waals surface area contributed by atoms with Gasteiger partial charge >= 0.3 is 6.03 Å². The highest BCUT2D eigenvalue weighted by molar-refractivity contribution is 5.75. The van der Waals surface area contributed by atoms with Crippen molar-refractivity contribution in [2.75, 3.05) is 6.54 Å². The molecule has 0 bridgehead atoms. The number of benzene rings is 1.